The lowest BCUT2D eigenvalue weighted by Crippen LogP contribution is -2.71. The molecule has 0 spiro atoms. The summed E-state index contributed by atoms with van der Waals surface area (Å²) in [5.41, 5.74) is 2.68. The molecule has 5 fully saturated rings. The van der Waals surface area contributed by atoms with Crippen molar-refractivity contribution in [1.82, 2.24) is 0 Å². The molecular formula is C45H59NO5. The van der Waals surface area contributed by atoms with E-state index in [1.54, 1.807) is 19.1 Å². The monoisotopic (exact) mass is 693 g/mol. The minimum Gasteiger partial charge on any atom is -0.462 e. The second-order valence-electron chi connectivity index (χ2n) is 18.2. The number of anilines is 1. The fourth-order valence-electron chi connectivity index (χ4n) is 13.5. The first kappa shape index (κ1) is 36.0. The highest BCUT2D eigenvalue weighted by molar-refractivity contribution is 5.97. The molecule has 6 heteroatoms. The summed E-state index contributed by atoms with van der Waals surface area (Å²) in [6.45, 7) is 21.2. The second kappa shape index (κ2) is 12.6. The molecule has 4 saturated carbocycles. The van der Waals surface area contributed by atoms with Crippen molar-refractivity contribution >= 4 is 23.5 Å². The maximum absolute atomic E-state index is 14.5. The normalized spacial score (nSPS) is 38.1. The van der Waals surface area contributed by atoms with Gasteiger partial charge in [-0.2, -0.15) is 0 Å². The van der Waals surface area contributed by atoms with Crippen LogP contribution in [0, 0.1) is 51.2 Å². The van der Waals surface area contributed by atoms with Crippen molar-refractivity contribution in [3.8, 4) is 0 Å². The summed E-state index contributed by atoms with van der Waals surface area (Å²) < 4.78 is 11.4. The Balaban J connectivity index is 1.18. The van der Waals surface area contributed by atoms with Gasteiger partial charge in [-0.25, -0.2) is 4.79 Å². The minimum atomic E-state index is -0.459. The SMILES string of the molecule is C=C(C)[C@@H]1CC[C@]2(C(=O)OCc3ccccc3)CC[C@]3(C)[C@H](CC[C@@H]4[C@@]5(C)CC(=O)N(c6ccc(C(=O)OCC)cc6)C(C)(C)[C@@H]5CC[C@]43C)[C@@H]12. The summed E-state index contributed by atoms with van der Waals surface area (Å²) >= 11 is 0. The van der Waals surface area contributed by atoms with E-state index in [9.17, 15) is 14.4 Å². The largest absolute Gasteiger partial charge is 0.462 e. The van der Waals surface area contributed by atoms with Gasteiger partial charge in [0.15, 0.2) is 0 Å². The zero-order valence-electron chi connectivity index (χ0n) is 32.1. The van der Waals surface area contributed by atoms with E-state index in [0.29, 0.717) is 48.9 Å². The third kappa shape index (κ3) is 5.27. The topological polar surface area (TPSA) is 72.9 Å². The van der Waals surface area contributed by atoms with E-state index in [4.69, 9.17) is 9.47 Å². The van der Waals surface area contributed by atoms with Gasteiger partial charge in [0.1, 0.15) is 6.61 Å². The predicted molar refractivity (Wildman–Crippen MR) is 201 cm³/mol. The van der Waals surface area contributed by atoms with E-state index < -0.39 is 11.0 Å². The number of ether oxygens (including phenoxy) is 2. The van der Waals surface area contributed by atoms with E-state index in [0.717, 1.165) is 62.6 Å². The van der Waals surface area contributed by atoms with E-state index in [2.05, 4.69) is 48.1 Å². The Hall–Kier alpha value is -3.41. The molecular weight excluding hydrogens is 634 g/mol. The van der Waals surface area contributed by atoms with Crippen molar-refractivity contribution in [2.75, 3.05) is 11.5 Å². The minimum absolute atomic E-state index is 0.0000982. The van der Waals surface area contributed by atoms with Crippen molar-refractivity contribution in [2.45, 2.75) is 118 Å². The summed E-state index contributed by atoms with van der Waals surface area (Å²) in [5.74, 6) is 1.53. The Morgan fingerprint density at radius 2 is 1.53 bits per heavy atom. The van der Waals surface area contributed by atoms with E-state index in [1.807, 2.05) is 47.4 Å². The Labute approximate surface area is 305 Å². The molecule has 5 aliphatic rings. The van der Waals surface area contributed by atoms with E-state index in [1.165, 1.54) is 5.57 Å². The lowest BCUT2D eigenvalue weighted by molar-refractivity contribution is -0.231. The molecule has 0 bridgehead atoms. The van der Waals surface area contributed by atoms with Crippen molar-refractivity contribution < 1.29 is 23.9 Å². The number of rotatable bonds is 7. The molecule has 4 aliphatic carbocycles. The molecule has 2 aromatic rings. The summed E-state index contributed by atoms with van der Waals surface area (Å²) in [7, 11) is 0. The first-order valence-corrected chi connectivity index (χ1v) is 19.6. The second-order valence-corrected chi connectivity index (χ2v) is 18.2. The quantitative estimate of drug-likeness (QED) is 0.213. The van der Waals surface area contributed by atoms with Crippen LogP contribution >= 0.6 is 0 Å². The van der Waals surface area contributed by atoms with Crippen LogP contribution in [0.15, 0.2) is 66.7 Å². The molecule has 0 unspecified atom stereocenters. The lowest BCUT2D eigenvalue weighted by atomic mass is 9.33. The van der Waals surface area contributed by atoms with Gasteiger partial charge in [-0.15, -0.1) is 0 Å². The summed E-state index contributed by atoms with van der Waals surface area (Å²) in [6, 6.07) is 17.4. The molecule has 7 rings (SSSR count). The molecule has 9 atom stereocenters. The number of hydrogen-bond acceptors (Lipinski definition) is 5. The van der Waals surface area contributed by atoms with Crippen LogP contribution in [0.3, 0.4) is 0 Å². The number of allylic oxidation sites excluding steroid dienone is 1. The molecule has 1 amide bonds. The Morgan fingerprint density at radius 3 is 2.20 bits per heavy atom. The van der Waals surface area contributed by atoms with Crippen molar-refractivity contribution in [1.29, 1.82) is 0 Å². The van der Waals surface area contributed by atoms with Crippen LogP contribution in [0.1, 0.15) is 122 Å². The molecule has 0 radical (unpaired) electrons. The van der Waals surface area contributed by atoms with Crippen molar-refractivity contribution in [3.05, 3.63) is 77.9 Å². The third-order valence-electron chi connectivity index (χ3n) is 15.8. The van der Waals surface area contributed by atoms with Crippen LogP contribution in [-0.4, -0.2) is 30.0 Å². The first-order valence-electron chi connectivity index (χ1n) is 19.6. The first-order chi connectivity index (χ1) is 24.1. The van der Waals surface area contributed by atoms with Gasteiger partial charge in [-0.05, 0) is 155 Å². The maximum Gasteiger partial charge on any atom is 0.338 e. The molecule has 1 heterocycles. The van der Waals surface area contributed by atoms with Crippen LogP contribution in [0.2, 0.25) is 0 Å². The highest BCUT2D eigenvalue weighted by Gasteiger charge is 2.72. The fraction of sp³-hybridized carbons (Fsp3) is 0.622. The summed E-state index contributed by atoms with van der Waals surface area (Å²) in [6.07, 6.45) is 8.63. The molecule has 6 nitrogen and oxygen atoms in total. The number of nitrogens with zero attached hydrogens (tertiary/aromatic N) is 1. The number of benzene rings is 2. The number of carbonyl (C=O) groups excluding carboxylic acids is 3. The van der Waals surface area contributed by atoms with Gasteiger partial charge in [-0.3, -0.25) is 9.59 Å². The number of hydrogen-bond donors (Lipinski definition) is 0. The number of piperidine rings is 1. The van der Waals surface area contributed by atoms with Crippen molar-refractivity contribution in [3.63, 3.8) is 0 Å². The Kier molecular flexibility index (Phi) is 8.90. The van der Waals surface area contributed by atoms with Gasteiger partial charge in [-0.1, -0.05) is 63.3 Å². The van der Waals surface area contributed by atoms with E-state index >= 15 is 0 Å². The zero-order chi connectivity index (χ0) is 36.6. The zero-order valence-corrected chi connectivity index (χ0v) is 32.1. The van der Waals surface area contributed by atoms with Gasteiger partial charge in [0.05, 0.1) is 17.6 Å². The molecule has 2 aromatic carbocycles. The smallest absolute Gasteiger partial charge is 0.338 e. The van der Waals surface area contributed by atoms with Gasteiger partial charge < -0.3 is 14.4 Å². The summed E-state index contributed by atoms with van der Waals surface area (Å²) in [4.78, 5) is 43.2. The fourth-order valence-corrected chi connectivity index (χ4v) is 13.5. The van der Waals surface area contributed by atoms with E-state index in [-0.39, 0.29) is 40.0 Å². The predicted octanol–water partition coefficient (Wildman–Crippen LogP) is 9.96. The average Bonchev–Trinajstić information content (AvgIpc) is 3.49. The third-order valence-corrected chi connectivity index (χ3v) is 15.8. The van der Waals surface area contributed by atoms with Crippen LogP contribution in [0.25, 0.3) is 0 Å². The highest BCUT2D eigenvalue weighted by atomic mass is 16.5. The number of carbonyl (C=O) groups is 3. The lowest BCUT2D eigenvalue weighted by Gasteiger charge is -2.72. The summed E-state index contributed by atoms with van der Waals surface area (Å²) in [5, 5.41) is 0. The van der Waals surface area contributed by atoms with Gasteiger partial charge >= 0.3 is 11.9 Å². The molecule has 51 heavy (non-hydrogen) atoms. The number of esters is 2. The maximum atomic E-state index is 14.5. The van der Waals surface area contributed by atoms with Crippen LogP contribution in [-0.2, 0) is 25.7 Å². The van der Waals surface area contributed by atoms with Crippen molar-refractivity contribution in [2.24, 2.45) is 51.2 Å². The number of amides is 1. The Bertz CT molecular complexity index is 1700. The van der Waals surface area contributed by atoms with Crippen LogP contribution in [0.4, 0.5) is 5.69 Å². The van der Waals surface area contributed by atoms with Crippen LogP contribution < -0.4 is 4.90 Å². The standard InChI is InChI=1S/C45H59NO5/c1-9-50-39(48)31-15-17-32(18-16-31)46-37(47)27-42(6)35(41(46,4)5)22-23-44(8)36(42)20-19-34-38-33(29(2)3)21-24-45(38,26-25-43(34,44)7)40(49)51-28-30-13-11-10-12-14-30/h10-18,33-36,38H,2,9,19-28H2,1,3-8H3/t33-,34+,35-,36+,38+,42-,43+,44+,45-/m0/s1. The van der Waals surface area contributed by atoms with Gasteiger partial charge in [0, 0.05) is 17.6 Å². The molecule has 0 N–H and O–H groups in total. The highest BCUT2D eigenvalue weighted by Crippen LogP contribution is 2.77. The Morgan fingerprint density at radius 1 is 0.824 bits per heavy atom. The van der Waals surface area contributed by atoms with Gasteiger partial charge in [0.2, 0.25) is 5.91 Å². The molecule has 1 saturated heterocycles. The molecule has 1 aliphatic heterocycles. The molecule has 274 valence electrons. The number of fused-ring (bicyclic) bond motifs is 7. The van der Waals surface area contributed by atoms with Gasteiger partial charge in [0.25, 0.3) is 0 Å². The van der Waals surface area contributed by atoms with Crippen LogP contribution in [0.5, 0.6) is 0 Å². The molecule has 0 aromatic heterocycles. The average molecular weight is 694 g/mol.